The van der Waals surface area contributed by atoms with Crippen molar-refractivity contribution in [2.24, 2.45) is 0 Å². The third-order valence-corrected chi connectivity index (χ3v) is 2.34. The van der Waals surface area contributed by atoms with Gasteiger partial charge in [0.25, 0.3) is 5.91 Å². The first-order chi connectivity index (χ1) is 9.08. The maximum Gasteiger partial charge on any atom is 0.391 e. The summed E-state index contributed by atoms with van der Waals surface area (Å²) in [5.74, 6) is -3.63. The Morgan fingerprint density at radius 2 is 1.90 bits per heavy atom. The highest BCUT2D eigenvalue weighted by molar-refractivity contribution is 5.96. The summed E-state index contributed by atoms with van der Waals surface area (Å²) >= 11 is 0. The Morgan fingerprint density at radius 3 is 2.35 bits per heavy atom. The molecule has 2 N–H and O–H groups in total. The molecule has 1 unspecified atom stereocenters. The highest BCUT2D eigenvalue weighted by Crippen LogP contribution is 2.22. The number of carboxylic acids is 1. The normalized spacial score (nSPS) is 12.8. The van der Waals surface area contributed by atoms with Crippen molar-refractivity contribution in [1.29, 1.82) is 0 Å². The van der Waals surface area contributed by atoms with Gasteiger partial charge in [-0.1, -0.05) is 0 Å². The number of aliphatic carboxylic acids is 1. The summed E-state index contributed by atoms with van der Waals surface area (Å²) in [4.78, 5) is 22.3. The van der Waals surface area contributed by atoms with E-state index < -0.39 is 36.3 Å². The first-order valence-electron chi connectivity index (χ1n) is 5.46. The summed E-state index contributed by atoms with van der Waals surface area (Å²) in [7, 11) is 0. The number of hydrogen-bond donors (Lipinski definition) is 2. The lowest BCUT2D eigenvalue weighted by Gasteiger charge is -2.16. The number of carbonyl (C=O) groups excluding carboxylic acids is 1. The average molecular weight is 293 g/mol. The summed E-state index contributed by atoms with van der Waals surface area (Å²) in [6.07, 6.45) is -6.45. The van der Waals surface area contributed by atoms with Crippen LogP contribution in [0.3, 0.4) is 0 Å². The van der Waals surface area contributed by atoms with Crippen molar-refractivity contribution in [3.05, 3.63) is 35.1 Å². The van der Waals surface area contributed by atoms with E-state index in [1.807, 2.05) is 0 Å². The number of nitrogens with one attached hydrogen (secondary N) is 1. The largest absolute Gasteiger partial charge is 0.480 e. The molecule has 1 rings (SSSR count). The van der Waals surface area contributed by atoms with E-state index in [1.54, 1.807) is 5.32 Å². The molecule has 110 valence electrons. The van der Waals surface area contributed by atoms with Gasteiger partial charge in [0, 0.05) is 5.56 Å². The SMILES string of the molecule is Cc1cc(F)cc(C(=O)NC(CC(F)(F)F)C(=O)O)c1. The predicted molar refractivity (Wildman–Crippen MR) is 60.7 cm³/mol. The van der Waals surface area contributed by atoms with Gasteiger partial charge in [0.15, 0.2) is 0 Å². The first-order valence-corrected chi connectivity index (χ1v) is 5.46. The van der Waals surface area contributed by atoms with Crippen LogP contribution in [0.15, 0.2) is 18.2 Å². The van der Waals surface area contributed by atoms with Gasteiger partial charge in [0.1, 0.15) is 11.9 Å². The van der Waals surface area contributed by atoms with E-state index in [1.165, 1.54) is 13.0 Å². The van der Waals surface area contributed by atoms with E-state index in [0.717, 1.165) is 12.1 Å². The number of rotatable bonds is 4. The molecule has 0 fully saturated rings. The fourth-order valence-corrected chi connectivity index (χ4v) is 1.54. The molecule has 0 saturated heterocycles. The van der Waals surface area contributed by atoms with Crippen LogP contribution in [0.2, 0.25) is 0 Å². The van der Waals surface area contributed by atoms with Gasteiger partial charge in [0.05, 0.1) is 6.42 Å². The van der Waals surface area contributed by atoms with Crippen LogP contribution in [0.4, 0.5) is 17.6 Å². The van der Waals surface area contributed by atoms with Crippen molar-refractivity contribution in [1.82, 2.24) is 5.32 Å². The van der Waals surface area contributed by atoms with Gasteiger partial charge in [-0.3, -0.25) is 4.79 Å². The average Bonchev–Trinajstić information content (AvgIpc) is 2.24. The van der Waals surface area contributed by atoms with Gasteiger partial charge in [-0.25, -0.2) is 9.18 Å². The standard InChI is InChI=1S/C12H11F4NO3/c1-6-2-7(4-8(13)3-6)10(18)17-9(11(19)20)5-12(14,15)16/h2-4,9H,5H2,1H3,(H,17,18)(H,19,20). The molecule has 1 atom stereocenters. The second-order valence-corrected chi connectivity index (χ2v) is 4.20. The fourth-order valence-electron chi connectivity index (χ4n) is 1.54. The number of halogens is 4. The van der Waals surface area contributed by atoms with Gasteiger partial charge < -0.3 is 10.4 Å². The van der Waals surface area contributed by atoms with Crippen LogP contribution in [0, 0.1) is 12.7 Å². The first kappa shape index (κ1) is 15.9. The number of hydrogen-bond acceptors (Lipinski definition) is 2. The van der Waals surface area contributed by atoms with Crippen molar-refractivity contribution < 1.29 is 32.3 Å². The Hall–Kier alpha value is -2.12. The Morgan fingerprint density at radius 1 is 1.30 bits per heavy atom. The third-order valence-electron chi connectivity index (χ3n) is 2.34. The highest BCUT2D eigenvalue weighted by Gasteiger charge is 2.36. The van der Waals surface area contributed by atoms with Crippen molar-refractivity contribution in [2.45, 2.75) is 25.6 Å². The van der Waals surface area contributed by atoms with Crippen molar-refractivity contribution in [2.75, 3.05) is 0 Å². The molecule has 0 saturated carbocycles. The molecule has 1 amide bonds. The number of alkyl halides is 3. The van der Waals surface area contributed by atoms with E-state index in [2.05, 4.69) is 0 Å². The minimum Gasteiger partial charge on any atom is -0.480 e. The fraction of sp³-hybridized carbons (Fsp3) is 0.333. The van der Waals surface area contributed by atoms with Gasteiger partial charge in [0.2, 0.25) is 0 Å². The zero-order valence-corrected chi connectivity index (χ0v) is 10.3. The second-order valence-electron chi connectivity index (χ2n) is 4.20. The number of carboxylic acid groups (broad SMARTS) is 1. The second kappa shape index (κ2) is 5.89. The van der Waals surface area contributed by atoms with Gasteiger partial charge >= 0.3 is 12.1 Å². The zero-order chi connectivity index (χ0) is 15.5. The monoisotopic (exact) mass is 293 g/mol. The van der Waals surface area contributed by atoms with Crippen molar-refractivity contribution in [3.8, 4) is 0 Å². The van der Waals surface area contributed by atoms with E-state index in [-0.39, 0.29) is 5.56 Å². The summed E-state index contributed by atoms with van der Waals surface area (Å²) in [6.45, 7) is 1.49. The predicted octanol–water partition coefficient (Wildman–Crippen LogP) is 2.27. The molecule has 0 heterocycles. The smallest absolute Gasteiger partial charge is 0.391 e. The zero-order valence-electron chi connectivity index (χ0n) is 10.3. The van der Waals surface area contributed by atoms with Crippen LogP contribution in [0.25, 0.3) is 0 Å². The molecule has 0 aromatic heterocycles. The summed E-state index contributed by atoms with van der Waals surface area (Å²) in [6, 6.07) is 1.06. The number of amides is 1. The molecule has 0 aliphatic heterocycles. The molecule has 20 heavy (non-hydrogen) atoms. The van der Waals surface area contributed by atoms with E-state index in [9.17, 15) is 27.2 Å². The molecule has 0 radical (unpaired) electrons. The lowest BCUT2D eigenvalue weighted by atomic mass is 10.1. The molecule has 0 aliphatic carbocycles. The minimum absolute atomic E-state index is 0.240. The lowest BCUT2D eigenvalue weighted by Crippen LogP contribution is -2.43. The minimum atomic E-state index is -4.74. The van der Waals surface area contributed by atoms with Crippen molar-refractivity contribution in [3.63, 3.8) is 0 Å². The molecule has 8 heteroatoms. The summed E-state index contributed by atoms with van der Waals surface area (Å²) in [5.41, 5.74) is 0.147. The topological polar surface area (TPSA) is 66.4 Å². The lowest BCUT2D eigenvalue weighted by molar-refractivity contribution is -0.157. The van der Waals surface area contributed by atoms with Crippen LogP contribution in [-0.4, -0.2) is 29.2 Å². The number of benzene rings is 1. The van der Waals surface area contributed by atoms with E-state index in [0.29, 0.717) is 5.56 Å². The van der Waals surface area contributed by atoms with Crippen LogP contribution < -0.4 is 5.32 Å². The third kappa shape index (κ3) is 4.87. The Balaban J connectivity index is 2.88. The molecule has 1 aromatic carbocycles. The number of aryl methyl sites for hydroxylation is 1. The van der Waals surface area contributed by atoms with Gasteiger partial charge in [-0.05, 0) is 30.7 Å². The summed E-state index contributed by atoms with van der Waals surface area (Å²) < 4.78 is 49.6. The van der Waals surface area contributed by atoms with E-state index >= 15 is 0 Å². The molecular weight excluding hydrogens is 282 g/mol. The summed E-state index contributed by atoms with van der Waals surface area (Å²) in [5, 5.41) is 10.4. The number of carbonyl (C=O) groups is 2. The molecule has 0 aliphatic rings. The molecule has 1 aromatic rings. The Labute approximate surface area is 111 Å². The molecule has 0 spiro atoms. The Kier molecular flexibility index (Phi) is 4.69. The molecule has 0 bridgehead atoms. The highest BCUT2D eigenvalue weighted by atomic mass is 19.4. The van der Waals surface area contributed by atoms with Crippen LogP contribution in [0.1, 0.15) is 22.3 Å². The van der Waals surface area contributed by atoms with Crippen LogP contribution in [0.5, 0.6) is 0 Å². The van der Waals surface area contributed by atoms with Crippen LogP contribution >= 0.6 is 0 Å². The maximum absolute atomic E-state index is 13.1. The molecule has 4 nitrogen and oxygen atoms in total. The van der Waals surface area contributed by atoms with Crippen molar-refractivity contribution >= 4 is 11.9 Å². The Bertz CT molecular complexity index is 508. The van der Waals surface area contributed by atoms with Crippen LogP contribution in [-0.2, 0) is 4.79 Å². The van der Waals surface area contributed by atoms with E-state index in [4.69, 9.17) is 5.11 Å². The maximum atomic E-state index is 13.1. The van der Waals surface area contributed by atoms with Gasteiger partial charge in [-0.2, -0.15) is 13.2 Å². The van der Waals surface area contributed by atoms with Gasteiger partial charge in [-0.15, -0.1) is 0 Å². The quantitative estimate of drug-likeness (QED) is 0.837. The molecular formula is C12H11F4NO3.